The highest BCUT2D eigenvalue weighted by molar-refractivity contribution is 5.89. The molecule has 25 heavy (non-hydrogen) atoms. The number of carbonyl (C=O) groups excluding carboxylic acids is 1. The molecule has 0 saturated carbocycles. The summed E-state index contributed by atoms with van der Waals surface area (Å²) in [4.78, 5) is 18.6. The van der Waals surface area contributed by atoms with Crippen molar-refractivity contribution >= 4 is 11.8 Å². The number of unbranched alkanes of at least 4 members (excludes halogenated alkanes) is 1. The van der Waals surface area contributed by atoms with E-state index in [-0.39, 0.29) is 6.03 Å². The molecule has 2 amide bonds. The van der Waals surface area contributed by atoms with Gasteiger partial charge in [-0.25, -0.2) is 9.78 Å². The Kier molecular flexibility index (Phi) is 5.47. The molecule has 2 heterocycles. The number of anilines is 1. The zero-order valence-corrected chi connectivity index (χ0v) is 13.9. The standard InChI is InChI=1S/C19H20N4O2/c20-10-3-4-13-25-17-8-5-11-21-18(17)22-19(24)23-12-9-15-6-1-2-7-16(15)14-23/h1-2,5-8,11H,3-4,9,12-14H2,(H,21,22,24). The van der Waals surface area contributed by atoms with Gasteiger partial charge in [-0.15, -0.1) is 0 Å². The molecule has 1 N–H and O–H groups in total. The summed E-state index contributed by atoms with van der Waals surface area (Å²) in [5, 5.41) is 11.4. The quantitative estimate of drug-likeness (QED) is 0.849. The third-order valence-electron chi connectivity index (χ3n) is 4.10. The van der Waals surface area contributed by atoms with Crippen LogP contribution in [0.2, 0.25) is 0 Å². The second-order valence-corrected chi connectivity index (χ2v) is 5.83. The van der Waals surface area contributed by atoms with Crippen LogP contribution in [0.25, 0.3) is 0 Å². The molecule has 1 aromatic carbocycles. The summed E-state index contributed by atoms with van der Waals surface area (Å²) >= 11 is 0. The van der Waals surface area contributed by atoms with Gasteiger partial charge in [0.15, 0.2) is 11.6 Å². The molecular formula is C19H20N4O2. The Bertz CT molecular complexity index is 785. The van der Waals surface area contributed by atoms with Gasteiger partial charge in [0.05, 0.1) is 12.7 Å². The number of rotatable bonds is 5. The van der Waals surface area contributed by atoms with Crippen molar-refractivity contribution in [1.82, 2.24) is 9.88 Å². The molecule has 3 rings (SSSR count). The molecule has 1 aliphatic heterocycles. The number of carbonyl (C=O) groups is 1. The van der Waals surface area contributed by atoms with E-state index in [0.29, 0.717) is 44.1 Å². The molecule has 0 bridgehead atoms. The third-order valence-corrected chi connectivity index (χ3v) is 4.10. The number of amides is 2. The molecule has 0 radical (unpaired) electrons. The Hall–Kier alpha value is -3.07. The van der Waals surface area contributed by atoms with Crippen molar-refractivity contribution in [2.24, 2.45) is 0 Å². The van der Waals surface area contributed by atoms with Gasteiger partial charge in [-0.05, 0) is 36.1 Å². The van der Waals surface area contributed by atoms with Gasteiger partial charge in [0.1, 0.15) is 0 Å². The number of benzene rings is 1. The van der Waals surface area contributed by atoms with E-state index < -0.39 is 0 Å². The van der Waals surface area contributed by atoms with Crippen molar-refractivity contribution in [1.29, 1.82) is 5.26 Å². The van der Waals surface area contributed by atoms with E-state index in [1.807, 2.05) is 12.1 Å². The van der Waals surface area contributed by atoms with Crippen molar-refractivity contribution < 1.29 is 9.53 Å². The van der Waals surface area contributed by atoms with Crippen LogP contribution in [-0.4, -0.2) is 29.1 Å². The molecule has 6 heteroatoms. The van der Waals surface area contributed by atoms with Gasteiger partial charge < -0.3 is 9.64 Å². The van der Waals surface area contributed by atoms with Gasteiger partial charge in [-0.2, -0.15) is 5.26 Å². The largest absolute Gasteiger partial charge is 0.490 e. The number of nitrogens with zero attached hydrogens (tertiary/aromatic N) is 3. The molecule has 0 aliphatic carbocycles. The van der Waals surface area contributed by atoms with Gasteiger partial charge >= 0.3 is 6.03 Å². The zero-order chi connectivity index (χ0) is 17.5. The highest BCUT2D eigenvalue weighted by Gasteiger charge is 2.21. The summed E-state index contributed by atoms with van der Waals surface area (Å²) in [5.74, 6) is 0.925. The lowest BCUT2D eigenvalue weighted by atomic mass is 10.0. The number of urea groups is 1. The Balaban J connectivity index is 1.63. The van der Waals surface area contributed by atoms with Crippen molar-refractivity contribution in [3.8, 4) is 11.8 Å². The van der Waals surface area contributed by atoms with E-state index in [1.54, 1.807) is 23.2 Å². The lowest BCUT2D eigenvalue weighted by Crippen LogP contribution is -2.39. The van der Waals surface area contributed by atoms with Crippen molar-refractivity contribution in [3.63, 3.8) is 0 Å². The fourth-order valence-electron chi connectivity index (χ4n) is 2.78. The molecule has 0 atom stereocenters. The van der Waals surface area contributed by atoms with E-state index >= 15 is 0 Å². The Morgan fingerprint density at radius 1 is 1.28 bits per heavy atom. The molecule has 6 nitrogen and oxygen atoms in total. The smallest absolute Gasteiger partial charge is 0.323 e. The average molecular weight is 336 g/mol. The summed E-state index contributed by atoms with van der Waals surface area (Å²) in [5.41, 5.74) is 2.48. The number of fused-ring (bicyclic) bond motifs is 1. The maximum Gasteiger partial charge on any atom is 0.323 e. The molecule has 0 fully saturated rings. The maximum absolute atomic E-state index is 12.6. The normalized spacial score (nSPS) is 12.8. The topological polar surface area (TPSA) is 78.2 Å². The third kappa shape index (κ3) is 4.27. The fraction of sp³-hybridized carbons (Fsp3) is 0.316. The summed E-state index contributed by atoms with van der Waals surface area (Å²) in [7, 11) is 0. The molecule has 0 spiro atoms. The van der Waals surface area contributed by atoms with Gasteiger partial charge in [0.25, 0.3) is 0 Å². The Morgan fingerprint density at radius 3 is 2.96 bits per heavy atom. The summed E-state index contributed by atoms with van der Waals surface area (Å²) in [6.07, 6.45) is 3.55. The Labute approximate surface area is 147 Å². The van der Waals surface area contributed by atoms with Gasteiger partial charge in [0.2, 0.25) is 0 Å². The predicted octanol–water partition coefficient (Wildman–Crippen LogP) is 3.35. The van der Waals surface area contributed by atoms with Crippen LogP contribution in [-0.2, 0) is 13.0 Å². The monoisotopic (exact) mass is 336 g/mol. The van der Waals surface area contributed by atoms with Crippen molar-refractivity contribution in [2.45, 2.75) is 25.8 Å². The molecule has 0 unspecified atom stereocenters. The molecule has 1 aliphatic rings. The number of nitriles is 1. The minimum atomic E-state index is -0.185. The van der Waals surface area contributed by atoms with Gasteiger partial charge in [0, 0.05) is 25.7 Å². The first-order chi connectivity index (χ1) is 12.3. The number of hydrogen-bond donors (Lipinski definition) is 1. The first kappa shape index (κ1) is 16.8. The van der Waals surface area contributed by atoms with Gasteiger partial charge in [-0.3, -0.25) is 5.32 Å². The van der Waals surface area contributed by atoms with Crippen LogP contribution < -0.4 is 10.1 Å². The molecule has 2 aromatic rings. The van der Waals surface area contributed by atoms with E-state index in [9.17, 15) is 4.79 Å². The second-order valence-electron chi connectivity index (χ2n) is 5.83. The lowest BCUT2D eigenvalue weighted by molar-refractivity contribution is 0.206. The van der Waals surface area contributed by atoms with E-state index in [1.165, 1.54) is 11.1 Å². The second kappa shape index (κ2) is 8.15. The SMILES string of the molecule is N#CCCCOc1cccnc1NC(=O)N1CCc2ccccc2C1. The molecule has 1 aromatic heterocycles. The van der Waals surface area contributed by atoms with Crippen LogP contribution in [0.15, 0.2) is 42.6 Å². The first-order valence-corrected chi connectivity index (χ1v) is 8.35. The molecule has 128 valence electrons. The minimum Gasteiger partial charge on any atom is -0.490 e. The predicted molar refractivity (Wildman–Crippen MR) is 94.2 cm³/mol. The van der Waals surface area contributed by atoms with Crippen LogP contribution in [0.1, 0.15) is 24.0 Å². The highest BCUT2D eigenvalue weighted by Crippen LogP contribution is 2.23. The number of nitrogens with one attached hydrogen (secondary N) is 1. The van der Waals surface area contributed by atoms with Crippen molar-refractivity contribution in [2.75, 3.05) is 18.5 Å². The molecule has 0 saturated heterocycles. The Morgan fingerprint density at radius 2 is 2.12 bits per heavy atom. The number of ether oxygens (including phenoxy) is 1. The maximum atomic E-state index is 12.6. The highest BCUT2D eigenvalue weighted by atomic mass is 16.5. The zero-order valence-electron chi connectivity index (χ0n) is 13.9. The summed E-state index contributed by atoms with van der Waals surface area (Å²) in [6.45, 7) is 1.68. The summed E-state index contributed by atoms with van der Waals surface area (Å²) in [6, 6.07) is 13.6. The fourth-order valence-corrected chi connectivity index (χ4v) is 2.78. The first-order valence-electron chi connectivity index (χ1n) is 8.35. The number of hydrogen-bond acceptors (Lipinski definition) is 4. The van der Waals surface area contributed by atoms with E-state index in [2.05, 4.69) is 28.5 Å². The average Bonchev–Trinajstić information content (AvgIpc) is 2.66. The number of pyridine rings is 1. The van der Waals surface area contributed by atoms with Crippen LogP contribution in [0.4, 0.5) is 10.6 Å². The minimum absolute atomic E-state index is 0.185. The van der Waals surface area contributed by atoms with Crippen LogP contribution in [0, 0.1) is 11.3 Å². The molecular weight excluding hydrogens is 316 g/mol. The summed E-state index contributed by atoms with van der Waals surface area (Å²) < 4.78 is 5.64. The van der Waals surface area contributed by atoms with E-state index in [0.717, 1.165) is 6.42 Å². The van der Waals surface area contributed by atoms with Crippen molar-refractivity contribution in [3.05, 3.63) is 53.7 Å². The van der Waals surface area contributed by atoms with E-state index in [4.69, 9.17) is 10.00 Å². The van der Waals surface area contributed by atoms with Gasteiger partial charge in [-0.1, -0.05) is 24.3 Å². The lowest BCUT2D eigenvalue weighted by Gasteiger charge is -2.29. The van der Waals surface area contributed by atoms with Crippen LogP contribution >= 0.6 is 0 Å². The number of aromatic nitrogens is 1. The van der Waals surface area contributed by atoms with Crippen LogP contribution in [0.5, 0.6) is 5.75 Å². The van der Waals surface area contributed by atoms with Crippen LogP contribution in [0.3, 0.4) is 0 Å².